The Kier molecular flexibility index (Phi) is 5.16. The summed E-state index contributed by atoms with van der Waals surface area (Å²) in [6.07, 6.45) is 9.89. The Labute approximate surface area is 173 Å². The van der Waals surface area contributed by atoms with Gasteiger partial charge in [-0.15, -0.1) is 0 Å². The number of thiazole rings is 1. The van der Waals surface area contributed by atoms with Crippen LogP contribution in [0.15, 0.2) is 42.9 Å². The molecule has 3 aromatic heterocycles. The maximum Gasteiger partial charge on any atom is 0.184 e. The summed E-state index contributed by atoms with van der Waals surface area (Å²) in [6.45, 7) is 0.887. The van der Waals surface area contributed by atoms with Crippen molar-refractivity contribution in [2.24, 2.45) is 5.92 Å². The van der Waals surface area contributed by atoms with E-state index in [1.807, 2.05) is 18.5 Å². The smallest absolute Gasteiger partial charge is 0.184 e. The Bertz CT molecular complexity index is 1110. The zero-order chi connectivity index (χ0) is 19.6. The Hall–Kier alpha value is -2.51. The third-order valence-electron chi connectivity index (χ3n) is 5.90. The second kappa shape index (κ2) is 8.08. The van der Waals surface area contributed by atoms with Crippen molar-refractivity contribution in [2.75, 3.05) is 11.9 Å². The van der Waals surface area contributed by atoms with Gasteiger partial charge in [-0.25, -0.2) is 15.0 Å². The first-order valence-corrected chi connectivity index (χ1v) is 11.1. The summed E-state index contributed by atoms with van der Waals surface area (Å²) in [5.41, 5.74) is 4.01. The molecule has 0 spiro atoms. The highest BCUT2D eigenvalue weighted by molar-refractivity contribution is 7.22. The van der Waals surface area contributed by atoms with E-state index in [9.17, 15) is 5.11 Å². The van der Waals surface area contributed by atoms with Gasteiger partial charge in [0.1, 0.15) is 5.52 Å². The highest BCUT2D eigenvalue weighted by Crippen LogP contribution is 2.31. The van der Waals surface area contributed by atoms with E-state index >= 15 is 0 Å². The summed E-state index contributed by atoms with van der Waals surface area (Å²) >= 11 is 1.66. The van der Waals surface area contributed by atoms with Crippen molar-refractivity contribution in [2.45, 2.75) is 44.7 Å². The third-order valence-corrected chi connectivity index (χ3v) is 6.85. The fraction of sp³-hybridized carbons (Fsp3) is 0.409. The van der Waals surface area contributed by atoms with Crippen molar-refractivity contribution in [3.05, 3.63) is 48.4 Å². The van der Waals surface area contributed by atoms with Gasteiger partial charge < -0.3 is 15.0 Å². The van der Waals surface area contributed by atoms with Gasteiger partial charge in [0.15, 0.2) is 10.8 Å². The summed E-state index contributed by atoms with van der Waals surface area (Å²) in [4.78, 5) is 13.6. The van der Waals surface area contributed by atoms with Crippen LogP contribution in [-0.2, 0) is 6.54 Å². The third kappa shape index (κ3) is 3.84. The Morgan fingerprint density at radius 2 is 2.03 bits per heavy atom. The number of benzene rings is 1. The maximum absolute atomic E-state index is 9.89. The van der Waals surface area contributed by atoms with E-state index in [0.717, 1.165) is 33.1 Å². The molecular weight excluding hydrogens is 382 g/mol. The molecule has 1 atom stereocenters. The van der Waals surface area contributed by atoms with E-state index in [1.165, 1.54) is 37.7 Å². The van der Waals surface area contributed by atoms with Gasteiger partial charge in [0.05, 0.1) is 35.7 Å². The molecule has 7 heteroatoms. The fourth-order valence-electron chi connectivity index (χ4n) is 4.35. The van der Waals surface area contributed by atoms with Crippen LogP contribution in [0.25, 0.3) is 21.4 Å². The molecule has 1 unspecified atom stereocenters. The van der Waals surface area contributed by atoms with Crippen molar-refractivity contribution in [3.63, 3.8) is 0 Å². The number of anilines is 1. The second-order valence-electron chi connectivity index (χ2n) is 7.87. The molecule has 150 valence electrons. The van der Waals surface area contributed by atoms with Crippen LogP contribution in [0.2, 0.25) is 0 Å². The molecule has 0 saturated heterocycles. The lowest BCUT2D eigenvalue weighted by atomic mass is 9.84. The number of nitrogens with zero attached hydrogens (tertiary/aromatic N) is 4. The number of imidazole rings is 1. The van der Waals surface area contributed by atoms with Crippen LogP contribution in [0.3, 0.4) is 0 Å². The lowest BCUT2D eigenvalue weighted by Crippen LogP contribution is -2.33. The van der Waals surface area contributed by atoms with Gasteiger partial charge in [0.25, 0.3) is 0 Å². The summed E-state index contributed by atoms with van der Waals surface area (Å²) in [5, 5.41) is 14.3. The average Bonchev–Trinajstić information content (AvgIpc) is 3.36. The first-order valence-electron chi connectivity index (χ1n) is 10.3. The molecule has 2 N–H and O–H groups in total. The number of hydrogen-bond donors (Lipinski definition) is 2. The molecule has 5 rings (SSSR count). The summed E-state index contributed by atoms with van der Waals surface area (Å²) in [5.74, 6) is 0.540. The monoisotopic (exact) mass is 407 g/mol. The average molecular weight is 408 g/mol. The molecule has 6 nitrogen and oxygen atoms in total. The minimum Gasteiger partial charge on any atom is -0.394 e. The topological polar surface area (TPSA) is 75.9 Å². The van der Waals surface area contributed by atoms with Gasteiger partial charge in [-0.3, -0.25) is 0 Å². The molecule has 1 aliphatic rings. The summed E-state index contributed by atoms with van der Waals surface area (Å²) < 4.78 is 3.23. The van der Waals surface area contributed by atoms with E-state index in [2.05, 4.69) is 38.1 Å². The van der Waals surface area contributed by atoms with Crippen LogP contribution in [0.1, 0.15) is 37.7 Å². The number of aliphatic hydroxyl groups is 1. The van der Waals surface area contributed by atoms with Gasteiger partial charge in [-0.2, -0.15) is 0 Å². The van der Waals surface area contributed by atoms with Crippen molar-refractivity contribution in [3.8, 4) is 0 Å². The number of hydrogen-bond acceptors (Lipinski definition) is 6. The fourth-order valence-corrected chi connectivity index (χ4v) is 5.34. The predicted molar refractivity (Wildman–Crippen MR) is 117 cm³/mol. The van der Waals surface area contributed by atoms with E-state index < -0.39 is 0 Å². The quantitative estimate of drug-likeness (QED) is 0.494. The van der Waals surface area contributed by atoms with E-state index in [-0.39, 0.29) is 12.6 Å². The number of aliphatic hydroxyl groups excluding tert-OH is 1. The van der Waals surface area contributed by atoms with Crippen LogP contribution < -0.4 is 5.32 Å². The molecule has 4 aromatic rings. The van der Waals surface area contributed by atoms with Crippen LogP contribution in [0, 0.1) is 5.92 Å². The van der Waals surface area contributed by atoms with Crippen molar-refractivity contribution in [1.82, 2.24) is 19.5 Å². The van der Waals surface area contributed by atoms with Gasteiger partial charge in [0, 0.05) is 6.20 Å². The van der Waals surface area contributed by atoms with Gasteiger partial charge in [-0.05, 0) is 48.6 Å². The number of fused-ring (bicyclic) bond motifs is 2. The molecule has 0 amide bonds. The lowest BCUT2D eigenvalue weighted by Gasteiger charge is -2.29. The molecule has 0 radical (unpaired) electrons. The zero-order valence-corrected chi connectivity index (χ0v) is 17.1. The molecule has 1 aromatic carbocycles. The predicted octanol–water partition coefficient (Wildman–Crippen LogP) is 4.44. The second-order valence-corrected chi connectivity index (χ2v) is 8.90. The Balaban J connectivity index is 1.35. The van der Waals surface area contributed by atoms with Crippen LogP contribution in [0.4, 0.5) is 5.13 Å². The normalized spacial score (nSPS) is 16.4. The molecule has 0 aliphatic heterocycles. The molecule has 29 heavy (non-hydrogen) atoms. The number of rotatable bonds is 6. The molecule has 1 fully saturated rings. The minimum absolute atomic E-state index is 0.0960. The lowest BCUT2D eigenvalue weighted by molar-refractivity contribution is 0.209. The van der Waals surface area contributed by atoms with Crippen molar-refractivity contribution < 1.29 is 5.11 Å². The van der Waals surface area contributed by atoms with E-state index in [0.29, 0.717) is 5.92 Å². The molecule has 0 bridgehead atoms. The summed E-state index contributed by atoms with van der Waals surface area (Å²) in [6, 6.07) is 10.4. The Morgan fingerprint density at radius 3 is 2.90 bits per heavy atom. The minimum atomic E-state index is 0.0960. The van der Waals surface area contributed by atoms with Gasteiger partial charge in [-0.1, -0.05) is 36.7 Å². The first kappa shape index (κ1) is 18.5. The Morgan fingerprint density at radius 1 is 1.14 bits per heavy atom. The van der Waals surface area contributed by atoms with Gasteiger partial charge in [0.2, 0.25) is 0 Å². The van der Waals surface area contributed by atoms with Crippen LogP contribution >= 0.6 is 11.3 Å². The largest absolute Gasteiger partial charge is 0.394 e. The molecular formula is C22H25N5OS. The number of aromatic nitrogens is 4. The van der Waals surface area contributed by atoms with E-state index in [4.69, 9.17) is 4.98 Å². The maximum atomic E-state index is 9.89. The molecule has 1 saturated carbocycles. The highest BCUT2D eigenvalue weighted by Gasteiger charge is 2.23. The standard InChI is InChI=1S/C22H25N5OS/c28-13-19(16-5-2-1-3-6-16)26-22-25-17-9-8-15(11-20(17)29-22)12-27-14-24-18-7-4-10-23-21(18)27/h4,7-11,14,16,19,28H,1-3,5-6,12-13H2,(H,25,26). The van der Waals surface area contributed by atoms with Crippen LogP contribution in [-0.4, -0.2) is 37.3 Å². The molecule has 1 aliphatic carbocycles. The zero-order valence-electron chi connectivity index (χ0n) is 16.3. The SMILES string of the molecule is OCC(Nc1nc2ccc(Cn3cnc4cccnc43)cc2s1)C1CCCCC1. The first-order chi connectivity index (χ1) is 14.3. The molecule has 3 heterocycles. The summed E-state index contributed by atoms with van der Waals surface area (Å²) in [7, 11) is 0. The number of pyridine rings is 1. The van der Waals surface area contributed by atoms with Crippen molar-refractivity contribution in [1.29, 1.82) is 0 Å². The van der Waals surface area contributed by atoms with Gasteiger partial charge >= 0.3 is 0 Å². The number of nitrogens with one attached hydrogen (secondary N) is 1. The van der Waals surface area contributed by atoms with Crippen molar-refractivity contribution >= 4 is 37.8 Å². The van der Waals surface area contributed by atoms with E-state index in [1.54, 1.807) is 17.5 Å². The highest BCUT2D eigenvalue weighted by atomic mass is 32.1. The van der Waals surface area contributed by atoms with Crippen LogP contribution in [0.5, 0.6) is 0 Å².